The minimum Gasteiger partial charge on any atom is -0.455 e. The molecule has 0 saturated carbocycles. The van der Waals surface area contributed by atoms with Crippen molar-refractivity contribution >= 4 is 43.1 Å². The molecule has 0 N–H and O–H groups in total. The van der Waals surface area contributed by atoms with Crippen molar-refractivity contribution in [3.05, 3.63) is 121 Å². The van der Waals surface area contributed by atoms with Crippen LogP contribution in [-0.2, 0) is 0 Å². The second kappa shape index (κ2) is 6.94. The molecule has 7 aromatic carbocycles. The Morgan fingerprint density at radius 3 is 1.97 bits per heavy atom. The molecule has 0 unspecified atom stereocenters. The first-order valence-electron chi connectivity index (χ1n) is 12.0. The van der Waals surface area contributed by atoms with E-state index in [-0.39, 0.29) is 0 Å². The van der Waals surface area contributed by atoms with E-state index in [0.29, 0.717) is 0 Å². The Labute approximate surface area is 202 Å². The zero-order chi connectivity index (χ0) is 22.9. The van der Waals surface area contributed by atoms with Gasteiger partial charge in [0.25, 0.3) is 0 Å². The fourth-order valence-electron chi connectivity index (χ4n) is 5.90. The van der Waals surface area contributed by atoms with E-state index >= 15 is 0 Å². The minimum absolute atomic E-state index is 0.924. The predicted octanol–water partition coefficient (Wildman–Crippen LogP) is 9.74. The molecule has 1 heteroatoms. The molecule has 7 aromatic rings. The van der Waals surface area contributed by atoms with Crippen molar-refractivity contribution in [1.29, 1.82) is 0 Å². The van der Waals surface area contributed by atoms with Crippen LogP contribution in [0.25, 0.3) is 65.3 Å². The molecule has 162 valence electrons. The third kappa shape index (κ3) is 2.58. The molecule has 0 amide bonds. The van der Waals surface area contributed by atoms with Gasteiger partial charge < -0.3 is 4.74 Å². The highest BCUT2D eigenvalue weighted by Crippen LogP contribution is 2.52. The summed E-state index contributed by atoms with van der Waals surface area (Å²) < 4.78 is 6.74. The number of benzene rings is 7. The lowest BCUT2D eigenvalue weighted by Crippen LogP contribution is -1.99. The number of hydrogen-bond donors (Lipinski definition) is 0. The summed E-state index contributed by atoms with van der Waals surface area (Å²) in [6, 6.07) is 43.6. The van der Waals surface area contributed by atoms with E-state index in [0.717, 1.165) is 22.6 Å². The molecular formula is C34H20O. The Hall–Kier alpha value is -4.62. The van der Waals surface area contributed by atoms with Crippen LogP contribution in [0.15, 0.2) is 121 Å². The van der Waals surface area contributed by atoms with Gasteiger partial charge in [0.05, 0.1) is 0 Å². The van der Waals surface area contributed by atoms with Crippen LogP contribution < -0.4 is 4.74 Å². The lowest BCUT2D eigenvalue weighted by Gasteiger charge is -2.25. The highest BCUT2D eigenvalue weighted by molar-refractivity contribution is 6.23. The molecule has 0 fully saturated rings. The highest BCUT2D eigenvalue weighted by Gasteiger charge is 2.24. The Morgan fingerprint density at radius 1 is 0.400 bits per heavy atom. The van der Waals surface area contributed by atoms with Gasteiger partial charge in [0, 0.05) is 22.1 Å². The predicted molar refractivity (Wildman–Crippen MR) is 147 cm³/mol. The second-order valence-corrected chi connectivity index (χ2v) is 9.30. The van der Waals surface area contributed by atoms with Crippen LogP contribution in [-0.4, -0.2) is 0 Å². The van der Waals surface area contributed by atoms with E-state index in [2.05, 4.69) is 121 Å². The van der Waals surface area contributed by atoms with E-state index in [1.54, 1.807) is 0 Å². The third-order valence-electron chi connectivity index (χ3n) is 7.41. The maximum absolute atomic E-state index is 6.74. The third-order valence-corrected chi connectivity index (χ3v) is 7.41. The first-order valence-corrected chi connectivity index (χ1v) is 12.0. The van der Waals surface area contributed by atoms with Crippen molar-refractivity contribution in [2.45, 2.75) is 0 Å². The van der Waals surface area contributed by atoms with Gasteiger partial charge in [0.15, 0.2) is 0 Å². The van der Waals surface area contributed by atoms with Crippen molar-refractivity contribution in [2.75, 3.05) is 0 Å². The summed E-state index contributed by atoms with van der Waals surface area (Å²) in [6.45, 7) is 0. The van der Waals surface area contributed by atoms with Crippen molar-refractivity contribution in [1.82, 2.24) is 0 Å². The molecule has 0 aliphatic carbocycles. The second-order valence-electron chi connectivity index (χ2n) is 9.30. The summed E-state index contributed by atoms with van der Waals surface area (Å²) in [4.78, 5) is 0. The van der Waals surface area contributed by atoms with Gasteiger partial charge in [0.2, 0.25) is 0 Å². The maximum atomic E-state index is 6.74. The zero-order valence-electron chi connectivity index (χ0n) is 19.0. The fourth-order valence-corrected chi connectivity index (χ4v) is 5.90. The topological polar surface area (TPSA) is 9.23 Å². The SMILES string of the molecule is c1cc2c(c(-c3c4ccccc4cc4ccc5ccccc5c34)c1)Oc1cccc3cccc-2c13. The fraction of sp³-hybridized carbons (Fsp3) is 0. The van der Waals surface area contributed by atoms with E-state index in [1.165, 1.54) is 54.2 Å². The number of hydrogen-bond acceptors (Lipinski definition) is 1. The summed E-state index contributed by atoms with van der Waals surface area (Å²) in [6.07, 6.45) is 0. The van der Waals surface area contributed by atoms with Crippen molar-refractivity contribution in [3.8, 4) is 33.8 Å². The lowest BCUT2D eigenvalue weighted by molar-refractivity contribution is 0.489. The molecule has 35 heavy (non-hydrogen) atoms. The average molecular weight is 445 g/mol. The van der Waals surface area contributed by atoms with E-state index in [1.807, 2.05) is 0 Å². The quantitative estimate of drug-likeness (QED) is 0.181. The standard InChI is InChI=1S/C34H20O/c1-3-12-25-21(8-1)18-19-24-20-23-9-2-4-13-26(23)33(32(24)25)29-16-7-15-28-27-14-5-10-22-11-6-17-30(31(22)27)35-34(28)29/h1-20H. The van der Waals surface area contributed by atoms with Crippen LogP contribution in [0.2, 0.25) is 0 Å². The molecule has 0 spiro atoms. The Bertz CT molecular complexity index is 1970. The van der Waals surface area contributed by atoms with Crippen molar-refractivity contribution in [3.63, 3.8) is 0 Å². The first kappa shape index (κ1) is 18.8. The van der Waals surface area contributed by atoms with Crippen LogP contribution in [0.5, 0.6) is 11.5 Å². The molecule has 1 heterocycles. The average Bonchev–Trinajstić information content (AvgIpc) is 2.92. The molecule has 0 atom stereocenters. The number of ether oxygens (including phenoxy) is 1. The lowest BCUT2D eigenvalue weighted by atomic mass is 9.86. The van der Waals surface area contributed by atoms with Gasteiger partial charge in [-0.2, -0.15) is 0 Å². The molecule has 1 aliphatic rings. The molecule has 0 saturated heterocycles. The molecule has 1 aliphatic heterocycles. The molecular weight excluding hydrogens is 424 g/mol. The number of para-hydroxylation sites is 1. The van der Waals surface area contributed by atoms with E-state index in [9.17, 15) is 0 Å². The van der Waals surface area contributed by atoms with Crippen LogP contribution in [0, 0.1) is 0 Å². The molecule has 0 aromatic heterocycles. The summed E-state index contributed by atoms with van der Waals surface area (Å²) in [7, 11) is 0. The van der Waals surface area contributed by atoms with Gasteiger partial charge in [-0.15, -0.1) is 0 Å². The Balaban J connectivity index is 1.56. The Kier molecular flexibility index (Phi) is 3.72. The van der Waals surface area contributed by atoms with Gasteiger partial charge in [-0.3, -0.25) is 0 Å². The van der Waals surface area contributed by atoms with Gasteiger partial charge in [-0.05, 0) is 55.4 Å². The van der Waals surface area contributed by atoms with Crippen molar-refractivity contribution in [2.24, 2.45) is 0 Å². The maximum Gasteiger partial charge on any atom is 0.143 e. The summed E-state index contributed by atoms with van der Waals surface area (Å²) in [5.74, 6) is 1.86. The molecule has 8 rings (SSSR count). The van der Waals surface area contributed by atoms with Gasteiger partial charge in [-0.1, -0.05) is 109 Å². The van der Waals surface area contributed by atoms with Crippen LogP contribution >= 0.6 is 0 Å². The monoisotopic (exact) mass is 444 g/mol. The molecule has 0 radical (unpaired) electrons. The highest BCUT2D eigenvalue weighted by atomic mass is 16.5. The van der Waals surface area contributed by atoms with Crippen molar-refractivity contribution < 1.29 is 4.74 Å². The van der Waals surface area contributed by atoms with Gasteiger partial charge in [0.1, 0.15) is 11.5 Å². The first-order chi connectivity index (χ1) is 17.4. The summed E-state index contributed by atoms with van der Waals surface area (Å²) in [5.41, 5.74) is 4.74. The zero-order valence-corrected chi connectivity index (χ0v) is 19.0. The smallest absolute Gasteiger partial charge is 0.143 e. The van der Waals surface area contributed by atoms with E-state index in [4.69, 9.17) is 4.74 Å². The largest absolute Gasteiger partial charge is 0.455 e. The Morgan fingerprint density at radius 2 is 1.06 bits per heavy atom. The van der Waals surface area contributed by atoms with Gasteiger partial charge in [-0.25, -0.2) is 0 Å². The van der Waals surface area contributed by atoms with Crippen LogP contribution in [0.4, 0.5) is 0 Å². The summed E-state index contributed by atoms with van der Waals surface area (Å²) in [5, 5.41) is 9.90. The summed E-state index contributed by atoms with van der Waals surface area (Å²) >= 11 is 0. The van der Waals surface area contributed by atoms with Gasteiger partial charge >= 0.3 is 0 Å². The number of rotatable bonds is 1. The molecule has 0 bridgehead atoms. The number of fused-ring (bicyclic) bond motifs is 6. The minimum atomic E-state index is 0.924. The van der Waals surface area contributed by atoms with Crippen LogP contribution in [0.3, 0.4) is 0 Å². The molecule has 1 nitrogen and oxygen atoms in total. The normalized spacial score (nSPS) is 12.2. The van der Waals surface area contributed by atoms with Crippen LogP contribution in [0.1, 0.15) is 0 Å². The van der Waals surface area contributed by atoms with E-state index < -0.39 is 0 Å².